The van der Waals surface area contributed by atoms with E-state index in [0.29, 0.717) is 12.5 Å². The first-order chi connectivity index (χ1) is 9.72. The highest BCUT2D eigenvalue weighted by Gasteiger charge is 2.24. The zero-order chi connectivity index (χ0) is 14.4. The van der Waals surface area contributed by atoms with Crippen LogP contribution in [0.25, 0.3) is 0 Å². The van der Waals surface area contributed by atoms with Crippen molar-refractivity contribution in [3.05, 3.63) is 34.3 Å². The third kappa shape index (κ3) is 4.06. The molecule has 20 heavy (non-hydrogen) atoms. The first-order valence-electron chi connectivity index (χ1n) is 7.46. The van der Waals surface area contributed by atoms with E-state index >= 15 is 0 Å². The Morgan fingerprint density at radius 1 is 1.35 bits per heavy atom. The fourth-order valence-corrected chi connectivity index (χ4v) is 3.20. The van der Waals surface area contributed by atoms with Gasteiger partial charge in [-0.05, 0) is 44.0 Å². The van der Waals surface area contributed by atoms with Crippen molar-refractivity contribution in [3.63, 3.8) is 0 Å². The van der Waals surface area contributed by atoms with Gasteiger partial charge in [0.05, 0.1) is 6.42 Å². The standard InChI is InChI=1S/C16H23BrN2O/c1-2-11-19(14-7-9-18-10-8-14)16(20)12-13-5-3-4-6-15(13)17/h3-6,14,18H,2,7-12H2,1H3. The van der Waals surface area contributed by atoms with Crippen LogP contribution in [0, 0.1) is 0 Å². The fraction of sp³-hybridized carbons (Fsp3) is 0.562. The average Bonchev–Trinajstić information content (AvgIpc) is 2.48. The van der Waals surface area contributed by atoms with E-state index in [4.69, 9.17) is 0 Å². The number of benzene rings is 1. The average molecular weight is 339 g/mol. The molecule has 3 nitrogen and oxygen atoms in total. The van der Waals surface area contributed by atoms with Gasteiger partial charge in [-0.2, -0.15) is 0 Å². The molecule has 1 heterocycles. The van der Waals surface area contributed by atoms with Gasteiger partial charge in [0.2, 0.25) is 5.91 Å². The molecule has 0 radical (unpaired) electrons. The molecule has 0 saturated carbocycles. The van der Waals surface area contributed by atoms with Crippen molar-refractivity contribution in [2.75, 3.05) is 19.6 Å². The lowest BCUT2D eigenvalue weighted by Crippen LogP contribution is -2.47. The van der Waals surface area contributed by atoms with Crippen molar-refractivity contribution in [3.8, 4) is 0 Å². The highest BCUT2D eigenvalue weighted by molar-refractivity contribution is 9.10. The third-order valence-electron chi connectivity index (χ3n) is 3.83. The van der Waals surface area contributed by atoms with Crippen molar-refractivity contribution in [2.45, 2.75) is 38.6 Å². The van der Waals surface area contributed by atoms with Crippen LogP contribution in [-0.4, -0.2) is 36.5 Å². The second kappa shape index (κ2) is 7.79. The van der Waals surface area contributed by atoms with Crippen LogP contribution < -0.4 is 5.32 Å². The number of carbonyl (C=O) groups excluding carboxylic acids is 1. The van der Waals surface area contributed by atoms with E-state index in [1.807, 2.05) is 24.3 Å². The van der Waals surface area contributed by atoms with Crippen LogP contribution in [0.2, 0.25) is 0 Å². The van der Waals surface area contributed by atoms with Gasteiger partial charge in [-0.25, -0.2) is 0 Å². The molecule has 2 rings (SSSR count). The molecule has 1 fully saturated rings. The van der Waals surface area contributed by atoms with E-state index in [1.54, 1.807) is 0 Å². The quantitative estimate of drug-likeness (QED) is 0.895. The summed E-state index contributed by atoms with van der Waals surface area (Å²) in [7, 11) is 0. The van der Waals surface area contributed by atoms with Crippen LogP contribution in [-0.2, 0) is 11.2 Å². The lowest BCUT2D eigenvalue weighted by molar-refractivity contribution is -0.133. The number of carbonyl (C=O) groups is 1. The SMILES string of the molecule is CCCN(C(=O)Cc1ccccc1Br)C1CCNCC1. The molecular weight excluding hydrogens is 316 g/mol. The summed E-state index contributed by atoms with van der Waals surface area (Å²) in [6, 6.07) is 8.40. The van der Waals surface area contributed by atoms with E-state index in [1.165, 1.54) is 0 Å². The van der Waals surface area contributed by atoms with E-state index in [9.17, 15) is 4.79 Å². The highest BCUT2D eigenvalue weighted by atomic mass is 79.9. The molecule has 0 bridgehead atoms. The first kappa shape index (κ1) is 15.5. The molecule has 1 N–H and O–H groups in total. The number of amides is 1. The summed E-state index contributed by atoms with van der Waals surface area (Å²) in [5.74, 6) is 0.255. The van der Waals surface area contributed by atoms with Gasteiger partial charge in [-0.15, -0.1) is 0 Å². The van der Waals surface area contributed by atoms with Crippen LogP contribution in [0.15, 0.2) is 28.7 Å². The number of nitrogens with zero attached hydrogens (tertiary/aromatic N) is 1. The largest absolute Gasteiger partial charge is 0.339 e. The van der Waals surface area contributed by atoms with Gasteiger partial charge >= 0.3 is 0 Å². The maximum Gasteiger partial charge on any atom is 0.227 e. The lowest BCUT2D eigenvalue weighted by Gasteiger charge is -2.34. The van der Waals surface area contributed by atoms with Gasteiger partial charge in [-0.3, -0.25) is 4.79 Å². The lowest BCUT2D eigenvalue weighted by atomic mass is 10.0. The Morgan fingerprint density at radius 3 is 2.70 bits per heavy atom. The van der Waals surface area contributed by atoms with Gasteiger partial charge in [-0.1, -0.05) is 41.1 Å². The molecule has 1 aromatic carbocycles. The molecule has 1 aromatic rings. The summed E-state index contributed by atoms with van der Waals surface area (Å²) in [5, 5.41) is 3.36. The van der Waals surface area contributed by atoms with Crippen molar-refractivity contribution < 1.29 is 4.79 Å². The van der Waals surface area contributed by atoms with Crippen molar-refractivity contribution >= 4 is 21.8 Å². The van der Waals surface area contributed by atoms with Crippen LogP contribution >= 0.6 is 15.9 Å². The molecule has 0 aromatic heterocycles. The Balaban J connectivity index is 2.04. The predicted molar refractivity (Wildman–Crippen MR) is 85.7 cm³/mol. The maximum atomic E-state index is 12.6. The zero-order valence-electron chi connectivity index (χ0n) is 12.1. The summed E-state index contributed by atoms with van der Waals surface area (Å²) in [4.78, 5) is 14.7. The van der Waals surface area contributed by atoms with E-state index in [-0.39, 0.29) is 5.91 Å². The Kier molecular flexibility index (Phi) is 6.05. The normalized spacial score (nSPS) is 16.1. The van der Waals surface area contributed by atoms with Crippen LogP contribution in [0.1, 0.15) is 31.7 Å². The molecule has 110 valence electrons. The molecule has 1 aliphatic rings. The highest BCUT2D eigenvalue weighted by Crippen LogP contribution is 2.19. The zero-order valence-corrected chi connectivity index (χ0v) is 13.7. The number of nitrogens with one attached hydrogen (secondary N) is 1. The number of hydrogen-bond acceptors (Lipinski definition) is 2. The Hall–Kier alpha value is -0.870. The number of rotatable bonds is 5. The molecule has 1 aliphatic heterocycles. The molecule has 0 atom stereocenters. The second-order valence-corrected chi connectivity index (χ2v) is 6.19. The van der Waals surface area contributed by atoms with Gasteiger partial charge in [0.25, 0.3) is 0 Å². The third-order valence-corrected chi connectivity index (χ3v) is 4.61. The van der Waals surface area contributed by atoms with Crippen LogP contribution in [0.4, 0.5) is 0 Å². The number of hydrogen-bond donors (Lipinski definition) is 1. The van der Waals surface area contributed by atoms with Crippen molar-refractivity contribution in [1.82, 2.24) is 10.2 Å². The van der Waals surface area contributed by atoms with Gasteiger partial charge < -0.3 is 10.2 Å². The minimum absolute atomic E-state index is 0.255. The van der Waals surface area contributed by atoms with Gasteiger partial charge in [0.1, 0.15) is 0 Å². The van der Waals surface area contributed by atoms with Crippen molar-refractivity contribution in [2.24, 2.45) is 0 Å². The first-order valence-corrected chi connectivity index (χ1v) is 8.25. The molecule has 0 unspecified atom stereocenters. The minimum atomic E-state index is 0.255. The minimum Gasteiger partial charge on any atom is -0.339 e. The smallest absolute Gasteiger partial charge is 0.227 e. The molecular formula is C16H23BrN2O. The van der Waals surface area contributed by atoms with E-state index in [2.05, 4.69) is 33.1 Å². The predicted octanol–water partition coefficient (Wildman–Crippen LogP) is 2.98. The second-order valence-electron chi connectivity index (χ2n) is 5.34. The van der Waals surface area contributed by atoms with Gasteiger partial charge in [0.15, 0.2) is 0 Å². The summed E-state index contributed by atoms with van der Waals surface area (Å²) >= 11 is 3.53. The summed E-state index contributed by atoms with van der Waals surface area (Å²) in [6.45, 7) is 5.05. The molecule has 0 aliphatic carbocycles. The Morgan fingerprint density at radius 2 is 2.05 bits per heavy atom. The van der Waals surface area contributed by atoms with Crippen LogP contribution in [0.3, 0.4) is 0 Å². The van der Waals surface area contributed by atoms with E-state index in [0.717, 1.165) is 48.9 Å². The fourth-order valence-electron chi connectivity index (χ4n) is 2.78. The molecule has 1 saturated heterocycles. The number of piperidine rings is 1. The molecule has 1 amide bonds. The van der Waals surface area contributed by atoms with E-state index < -0.39 is 0 Å². The molecule has 4 heteroatoms. The van der Waals surface area contributed by atoms with Crippen molar-refractivity contribution in [1.29, 1.82) is 0 Å². The summed E-state index contributed by atoms with van der Waals surface area (Å²) in [6.07, 6.45) is 3.65. The van der Waals surface area contributed by atoms with Gasteiger partial charge in [0, 0.05) is 17.1 Å². The summed E-state index contributed by atoms with van der Waals surface area (Å²) in [5.41, 5.74) is 1.08. The molecule has 0 spiro atoms. The summed E-state index contributed by atoms with van der Waals surface area (Å²) < 4.78 is 1.02. The number of halogens is 1. The maximum absolute atomic E-state index is 12.6. The Bertz CT molecular complexity index is 444. The van der Waals surface area contributed by atoms with Crippen LogP contribution in [0.5, 0.6) is 0 Å². The monoisotopic (exact) mass is 338 g/mol. The Labute approximate surface area is 129 Å². The topological polar surface area (TPSA) is 32.3 Å².